The maximum absolute atomic E-state index is 12.2. The summed E-state index contributed by atoms with van der Waals surface area (Å²) in [6.45, 7) is 6.48. The van der Waals surface area contributed by atoms with Gasteiger partial charge in [-0.15, -0.1) is 0 Å². The fourth-order valence-electron chi connectivity index (χ4n) is 3.22. The Morgan fingerprint density at radius 2 is 1.95 bits per heavy atom. The molecule has 2 bridgehead atoms. The molecule has 2 heterocycles. The molecule has 0 spiro atoms. The van der Waals surface area contributed by atoms with Gasteiger partial charge in [0.15, 0.2) is 0 Å². The number of nitrogens with zero attached hydrogens (tertiary/aromatic N) is 2. The average Bonchev–Trinajstić information content (AvgIpc) is 2.56. The number of hydrogen-bond donors (Lipinski definition) is 0. The summed E-state index contributed by atoms with van der Waals surface area (Å²) in [6.07, 6.45) is 4.03. The van der Waals surface area contributed by atoms with Gasteiger partial charge in [-0.1, -0.05) is 0 Å². The standard InChI is InChI=1S/C14H22N2O2S/c1-14(2,3)18-13(17)16-11-4-5-12(16)7-10(6-11)8-15-9-19/h10-12H,4-8H2,1-3H3. The molecule has 106 valence electrons. The molecule has 19 heavy (non-hydrogen) atoms. The first-order valence-corrected chi connectivity index (χ1v) is 7.36. The largest absolute Gasteiger partial charge is 0.444 e. The van der Waals surface area contributed by atoms with E-state index >= 15 is 0 Å². The van der Waals surface area contributed by atoms with Crippen LogP contribution in [0.2, 0.25) is 0 Å². The van der Waals surface area contributed by atoms with Crippen LogP contribution in [0.1, 0.15) is 46.5 Å². The van der Waals surface area contributed by atoms with Crippen LogP contribution in [0.5, 0.6) is 0 Å². The number of hydrogen-bond acceptors (Lipinski definition) is 4. The SMILES string of the molecule is CC(C)(C)OC(=O)N1C2CCC1CC(CN=C=S)C2. The summed E-state index contributed by atoms with van der Waals surface area (Å²) in [7, 11) is 0. The van der Waals surface area contributed by atoms with Crippen molar-refractivity contribution in [2.75, 3.05) is 6.54 Å². The van der Waals surface area contributed by atoms with E-state index < -0.39 is 5.60 Å². The highest BCUT2D eigenvalue weighted by molar-refractivity contribution is 7.78. The molecular formula is C14H22N2O2S. The average molecular weight is 282 g/mol. The first-order valence-electron chi connectivity index (χ1n) is 6.95. The van der Waals surface area contributed by atoms with Crippen molar-refractivity contribution in [3.8, 4) is 0 Å². The summed E-state index contributed by atoms with van der Waals surface area (Å²) in [4.78, 5) is 18.3. The first kappa shape index (κ1) is 14.5. The molecule has 0 saturated carbocycles. The van der Waals surface area contributed by atoms with Gasteiger partial charge in [-0.05, 0) is 64.6 Å². The molecule has 2 saturated heterocycles. The van der Waals surface area contributed by atoms with Crippen molar-refractivity contribution >= 4 is 23.5 Å². The minimum Gasteiger partial charge on any atom is -0.444 e. The third-order valence-corrected chi connectivity index (χ3v) is 3.98. The molecule has 2 rings (SSSR count). The summed E-state index contributed by atoms with van der Waals surface area (Å²) in [5.41, 5.74) is -0.422. The number of aliphatic imine (C=N–C) groups is 1. The van der Waals surface area contributed by atoms with Gasteiger partial charge in [0.2, 0.25) is 0 Å². The lowest BCUT2D eigenvalue weighted by Gasteiger charge is -2.39. The van der Waals surface area contributed by atoms with Gasteiger partial charge < -0.3 is 9.64 Å². The lowest BCUT2D eigenvalue weighted by atomic mass is 9.91. The van der Waals surface area contributed by atoms with Gasteiger partial charge in [-0.2, -0.15) is 0 Å². The number of amides is 1. The van der Waals surface area contributed by atoms with E-state index in [2.05, 4.69) is 22.4 Å². The molecule has 0 N–H and O–H groups in total. The Bertz CT molecular complexity index is 385. The highest BCUT2D eigenvalue weighted by Crippen LogP contribution is 2.39. The fraction of sp³-hybridized carbons (Fsp3) is 0.857. The van der Waals surface area contributed by atoms with Crippen molar-refractivity contribution in [2.45, 2.75) is 64.1 Å². The fourth-order valence-corrected chi connectivity index (χ4v) is 3.29. The van der Waals surface area contributed by atoms with Crippen molar-refractivity contribution in [3.63, 3.8) is 0 Å². The number of carbonyl (C=O) groups is 1. The van der Waals surface area contributed by atoms with Gasteiger partial charge in [-0.3, -0.25) is 0 Å². The van der Waals surface area contributed by atoms with Crippen LogP contribution in [0.25, 0.3) is 0 Å². The minimum atomic E-state index is -0.422. The molecule has 2 fully saturated rings. The van der Waals surface area contributed by atoms with Crippen molar-refractivity contribution in [2.24, 2.45) is 10.9 Å². The molecule has 0 aromatic carbocycles. The molecule has 4 nitrogen and oxygen atoms in total. The molecule has 2 aliphatic heterocycles. The van der Waals surface area contributed by atoms with E-state index in [9.17, 15) is 4.79 Å². The van der Waals surface area contributed by atoms with Gasteiger partial charge in [0.05, 0.1) is 11.7 Å². The van der Waals surface area contributed by atoms with Crippen molar-refractivity contribution in [1.29, 1.82) is 0 Å². The Balaban J connectivity index is 1.99. The van der Waals surface area contributed by atoms with Crippen LogP contribution in [-0.4, -0.2) is 40.4 Å². The van der Waals surface area contributed by atoms with Crippen LogP contribution in [0.4, 0.5) is 4.79 Å². The van der Waals surface area contributed by atoms with Crippen LogP contribution in [0, 0.1) is 5.92 Å². The molecule has 0 aliphatic carbocycles. The number of ether oxygens (including phenoxy) is 1. The van der Waals surface area contributed by atoms with E-state index in [1.807, 2.05) is 25.7 Å². The van der Waals surface area contributed by atoms with E-state index in [4.69, 9.17) is 4.74 Å². The van der Waals surface area contributed by atoms with Gasteiger partial charge in [-0.25, -0.2) is 9.79 Å². The van der Waals surface area contributed by atoms with Crippen molar-refractivity contribution in [3.05, 3.63) is 0 Å². The van der Waals surface area contributed by atoms with E-state index in [1.54, 1.807) is 0 Å². The number of thiocarbonyl (C=S) groups is 1. The molecular weight excluding hydrogens is 260 g/mol. The first-order chi connectivity index (χ1) is 8.90. The summed E-state index contributed by atoms with van der Waals surface area (Å²) in [6, 6.07) is 0.637. The number of carbonyl (C=O) groups excluding carboxylic acids is 1. The van der Waals surface area contributed by atoms with Crippen LogP contribution in [0.3, 0.4) is 0 Å². The maximum Gasteiger partial charge on any atom is 0.410 e. The third kappa shape index (κ3) is 3.54. The number of isothiocyanates is 1. The molecule has 0 aromatic rings. The summed E-state index contributed by atoms with van der Waals surface area (Å²) in [5, 5.41) is 2.43. The van der Waals surface area contributed by atoms with Crippen molar-refractivity contribution in [1.82, 2.24) is 4.90 Å². The molecule has 5 heteroatoms. The zero-order chi connectivity index (χ0) is 14.0. The van der Waals surface area contributed by atoms with Gasteiger partial charge in [0.25, 0.3) is 0 Å². The Labute approximate surface area is 120 Å². The van der Waals surface area contributed by atoms with Crippen LogP contribution >= 0.6 is 12.2 Å². The molecule has 2 unspecified atom stereocenters. The summed E-state index contributed by atoms with van der Waals surface area (Å²) in [5.74, 6) is 0.534. The lowest BCUT2D eigenvalue weighted by Crippen LogP contribution is -2.48. The van der Waals surface area contributed by atoms with Gasteiger partial charge in [0, 0.05) is 12.1 Å². The quantitative estimate of drug-likeness (QED) is 0.576. The minimum absolute atomic E-state index is 0.156. The Hall–Kier alpha value is -0.930. The van der Waals surface area contributed by atoms with Crippen LogP contribution in [-0.2, 0) is 4.74 Å². The number of rotatable bonds is 2. The highest BCUT2D eigenvalue weighted by atomic mass is 32.1. The lowest BCUT2D eigenvalue weighted by molar-refractivity contribution is 0.00266. The van der Waals surface area contributed by atoms with Gasteiger partial charge >= 0.3 is 6.09 Å². The smallest absolute Gasteiger partial charge is 0.410 e. The summed E-state index contributed by atoms with van der Waals surface area (Å²) < 4.78 is 5.51. The zero-order valence-electron chi connectivity index (χ0n) is 11.9. The molecule has 0 radical (unpaired) electrons. The normalized spacial score (nSPS) is 29.8. The van der Waals surface area contributed by atoms with Crippen LogP contribution in [0.15, 0.2) is 4.99 Å². The van der Waals surface area contributed by atoms with Gasteiger partial charge in [0.1, 0.15) is 5.60 Å². The predicted octanol–water partition coefficient (Wildman–Crippen LogP) is 3.27. The van der Waals surface area contributed by atoms with E-state index in [0.29, 0.717) is 18.0 Å². The topological polar surface area (TPSA) is 41.9 Å². The third-order valence-electron chi connectivity index (χ3n) is 3.85. The second-order valence-electron chi connectivity index (χ2n) is 6.54. The highest BCUT2D eigenvalue weighted by Gasteiger charge is 2.44. The molecule has 1 amide bonds. The molecule has 2 atom stereocenters. The van der Waals surface area contributed by atoms with E-state index in [0.717, 1.165) is 32.2 Å². The van der Waals surface area contributed by atoms with Crippen LogP contribution < -0.4 is 0 Å². The Morgan fingerprint density at radius 1 is 1.37 bits per heavy atom. The van der Waals surface area contributed by atoms with E-state index in [-0.39, 0.29) is 6.09 Å². The Morgan fingerprint density at radius 3 is 2.42 bits per heavy atom. The Kier molecular flexibility index (Phi) is 4.26. The molecule has 2 aliphatic rings. The summed E-state index contributed by atoms with van der Waals surface area (Å²) >= 11 is 4.62. The monoisotopic (exact) mass is 282 g/mol. The van der Waals surface area contributed by atoms with E-state index in [1.165, 1.54) is 0 Å². The zero-order valence-corrected chi connectivity index (χ0v) is 12.7. The maximum atomic E-state index is 12.2. The van der Waals surface area contributed by atoms with Crippen molar-refractivity contribution < 1.29 is 9.53 Å². The molecule has 0 aromatic heterocycles. The predicted molar refractivity (Wildman–Crippen MR) is 77.5 cm³/mol. The number of fused-ring (bicyclic) bond motifs is 2. The second-order valence-corrected chi connectivity index (χ2v) is 6.72. The number of piperidine rings is 1. The second kappa shape index (κ2) is 5.59.